The Balaban J connectivity index is 1.79. The highest BCUT2D eigenvalue weighted by Crippen LogP contribution is 2.37. The molecule has 0 bridgehead atoms. The molecular weight excluding hydrogens is 308 g/mol. The monoisotopic (exact) mass is 322 g/mol. The fourth-order valence-corrected chi connectivity index (χ4v) is 3.78. The van der Waals surface area contributed by atoms with Crippen molar-refractivity contribution < 1.29 is 5.11 Å². The SMILES string of the molecule is OC(c1ccc(C2CCC2)cc1)c1cc(Br)cs1. The molecule has 94 valence electrons. The molecule has 1 atom stereocenters. The number of hydrogen-bond donors (Lipinski definition) is 1. The van der Waals surface area contributed by atoms with Crippen molar-refractivity contribution in [1.29, 1.82) is 0 Å². The lowest BCUT2D eigenvalue weighted by atomic mass is 9.80. The van der Waals surface area contributed by atoms with E-state index in [0.29, 0.717) is 0 Å². The van der Waals surface area contributed by atoms with Crippen LogP contribution < -0.4 is 0 Å². The molecule has 1 aliphatic carbocycles. The molecule has 0 amide bonds. The Kier molecular flexibility index (Phi) is 3.55. The predicted octanol–water partition coefficient (Wildman–Crippen LogP) is 4.86. The minimum absolute atomic E-state index is 0.503. The molecule has 2 aromatic rings. The summed E-state index contributed by atoms with van der Waals surface area (Å²) in [5.74, 6) is 0.757. The van der Waals surface area contributed by atoms with Crippen LogP contribution >= 0.6 is 27.3 Å². The van der Waals surface area contributed by atoms with E-state index in [9.17, 15) is 5.11 Å². The molecule has 0 spiro atoms. The number of halogens is 1. The van der Waals surface area contributed by atoms with Crippen molar-refractivity contribution in [2.24, 2.45) is 0 Å². The van der Waals surface area contributed by atoms with Crippen LogP contribution in [0.1, 0.15) is 47.3 Å². The standard InChI is InChI=1S/C15H15BrOS/c16-13-8-14(18-9-13)15(17)12-6-4-11(5-7-12)10-2-1-3-10/h4-10,15,17H,1-3H2. The number of rotatable bonds is 3. The number of thiophene rings is 1. The molecule has 1 saturated carbocycles. The minimum atomic E-state index is -0.503. The van der Waals surface area contributed by atoms with E-state index in [1.54, 1.807) is 11.3 Å². The van der Waals surface area contributed by atoms with E-state index < -0.39 is 6.10 Å². The van der Waals surface area contributed by atoms with Gasteiger partial charge in [-0.15, -0.1) is 11.3 Å². The lowest BCUT2D eigenvalue weighted by Crippen LogP contribution is -2.08. The van der Waals surface area contributed by atoms with Crippen LogP contribution in [0, 0.1) is 0 Å². The van der Waals surface area contributed by atoms with Gasteiger partial charge in [0.15, 0.2) is 0 Å². The molecule has 1 aliphatic rings. The maximum Gasteiger partial charge on any atom is 0.113 e. The van der Waals surface area contributed by atoms with Gasteiger partial charge in [-0.3, -0.25) is 0 Å². The van der Waals surface area contributed by atoms with E-state index in [-0.39, 0.29) is 0 Å². The zero-order valence-corrected chi connectivity index (χ0v) is 12.4. The van der Waals surface area contributed by atoms with Gasteiger partial charge in [0.2, 0.25) is 0 Å². The lowest BCUT2D eigenvalue weighted by Gasteiger charge is -2.26. The van der Waals surface area contributed by atoms with E-state index in [1.165, 1.54) is 24.8 Å². The van der Waals surface area contributed by atoms with Crippen molar-refractivity contribution in [1.82, 2.24) is 0 Å². The zero-order chi connectivity index (χ0) is 12.5. The maximum atomic E-state index is 10.3. The van der Waals surface area contributed by atoms with Crippen LogP contribution in [-0.2, 0) is 0 Å². The van der Waals surface area contributed by atoms with Crippen molar-refractivity contribution in [2.45, 2.75) is 31.3 Å². The molecule has 1 aromatic heterocycles. The fourth-order valence-electron chi connectivity index (χ4n) is 2.33. The van der Waals surface area contributed by atoms with Crippen molar-refractivity contribution in [3.63, 3.8) is 0 Å². The molecule has 1 aromatic carbocycles. The number of hydrogen-bond acceptors (Lipinski definition) is 2. The van der Waals surface area contributed by atoms with Gasteiger partial charge in [-0.2, -0.15) is 0 Å². The molecule has 0 radical (unpaired) electrons. The Morgan fingerprint density at radius 2 is 1.94 bits per heavy atom. The average molecular weight is 323 g/mol. The van der Waals surface area contributed by atoms with Crippen molar-refractivity contribution in [3.8, 4) is 0 Å². The van der Waals surface area contributed by atoms with Gasteiger partial charge in [0.25, 0.3) is 0 Å². The van der Waals surface area contributed by atoms with Crippen molar-refractivity contribution >= 4 is 27.3 Å². The molecule has 0 aliphatic heterocycles. The first-order chi connectivity index (χ1) is 8.74. The van der Waals surface area contributed by atoms with Crippen LogP contribution in [0.3, 0.4) is 0 Å². The Morgan fingerprint density at radius 1 is 1.22 bits per heavy atom. The lowest BCUT2D eigenvalue weighted by molar-refractivity contribution is 0.224. The summed E-state index contributed by atoms with van der Waals surface area (Å²) in [4.78, 5) is 0.985. The predicted molar refractivity (Wildman–Crippen MR) is 79.1 cm³/mol. The van der Waals surface area contributed by atoms with Crippen LogP contribution in [-0.4, -0.2) is 5.11 Å². The molecule has 3 heteroatoms. The molecule has 1 heterocycles. The summed E-state index contributed by atoms with van der Waals surface area (Å²) in [5, 5.41) is 12.3. The van der Waals surface area contributed by atoms with E-state index in [0.717, 1.165) is 20.8 Å². The molecule has 1 fully saturated rings. The first-order valence-corrected chi connectivity index (χ1v) is 7.93. The topological polar surface area (TPSA) is 20.2 Å². The second-order valence-electron chi connectivity index (χ2n) is 4.86. The molecule has 3 rings (SSSR count). The second kappa shape index (κ2) is 5.16. The van der Waals surface area contributed by atoms with Crippen LogP contribution in [0.25, 0.3) is 0 Å². The molecule has 1 unspecified atom stereocenters. The van der Waals surface area contributed by atoms with Gasteiger partial charge < -0.3 is 5.11 Å². The van der Waals surface area contributed by atoms with E-state index in [1.807, 2.05) is 11.4 Å². The zero-order valence-electron chi connectivity index (χ0n) is 9.97. The van der Waals surface area contributed by atoms with Gasteiger partial charge in [-0.1, -0.05) is 30.7 Å². The molecular formula is C15H15BrOS. The summed E-state index contributed by atoms with van der Waals surface area (Å²) >= 11 is 5.00. The van der Waals surface area contributed by atoms with Crippen LogP contribution in [0.2, 0.25) is 0 Å². The van der Waals surface area contributed by atoms with Gasteiger partial charge in [0.1, 0.15) is 6.10 Å². The first kappa shape index (κ1) is 12.4. The quantitative estimate of drug-likeness (QED) is 0.855. The van der Waals surface area contributed by atoms with E-state index in [2.05, 4.69) is 40.2 Å². The highest BCUT2D eigenvalue weighted by molar-refractivity contribution is 9.10. The summed E-state index contributed by atoms with van der Waals surface area (Å²) in [6, 6.07) is 10.4. The first-order valence-electron chi connectivity index (χ1n) is 6.26. The Labute approximate surface area is 120 Å². The van der Waals surface area contributed by atoms with Gasteiger partial charge in [-0.25, -0.2) is 0 Å². The number of aliphatic hydroxyl groups excluding tert-OH is 1. The summed E-state index contributed by atoms with van der Waals surface area (Å²) in [6.07, 6.45) is 3.49. The third-order valence-corrected chi connectivity index (χ3v) is 5.43. The summed E-state index contributed by atoms with van der Waals surface area (Å²) < 4.78 is 1.03. The summed E-state index contributed by atoms with van der Waals surface area (Å²) in [5.41, 5.74) is 2.40. The Hall–Kier alpha value is -0.640. The summed E-state index contributed by atoms with van der Waals surface area (Å²) in [7, 11) is 0. The van der Waals surface area contributed by atoms with Gasteiger partial charge in [0.05, 0.1) is 0 Å². The normalized spacial score (nSPS) is 17.4. The summed E-state index contributed by atoms with van der Waals surface area (Å²) in [6.45, 7) is 0. The van der Waals surface area contributed by atoms with Crippen LogP contribution in [0.15, 0.2) is 40.2 Å². The molecule has 0 saturated heterocycles. The smallest absolute Gasteiger partial charge is 0.113 e. The Bertz CT molecular complexity index is 528. The largest absolute Gasteiger partial charge is 0.383 e. The molecule has 1 N–H and O–H groups in total. The Morgan fingerprint density at radius 3 is 2.44 bits per heavy atom. The molecule has 18 heavy (non-hydrogen) atoms. The highest BCUT2D eigenvalue weighted by atomic mass is 79.9. The van der Waals surface area contributed by atoms with Crippen molar-refractivity contribution in [3.05, 3.63) is 56.2 Å². The average Bonchev–Trinajstić information content (AvgIpc) is 2.74. The van der Waals surface area contributed by atoms with E-state index in [4.69, 9.17) is 0 Å². The molecule has 1 nitrogen and oxygen atoms in total. The third kappa shape index (κ3) is 2.40. The third-order valence-electron chi connectivity index (χ3n) is 3.69. The van der Waals surface area contributed by atoms with Gasteiger partial charge in [0, 0.05) is 14.7 Å². The fraction of sp³-hybridized carbons (Fsp3) is 0.333. The van der Waals surface area contributed by atoms with E-state index >= 15 is 0 Å². The highest BCUT2D eigenvalue weighted by Gasteiger charge is 2.20. The van der Waals surface area contributed by atoms with Crippen LogP contribution in [0.4, 0.5) is 0 Å². The minimum Gasteiger partial charge on any atom is -0.383 e. The van der Waals surface area contributed by atoms with Gasteiger partial charge >= 0.3 is 0 Å². The second-order valence-corrected chi connectivity index (χ2v) is 6.72. The number of aliphatic hydroxyl groups is 1. The maximum absolute atomic E-state index is 10.3. The van der Waals surface area contributed by atoms with Gasteiger partial charge in [-0.05, 0) is 51.9 Å². The number of benzene rings is 1. The van der Waals surface area contributed by atoms with Crippen molar-refractivity contribution in [2.75, 3.05) is 0 Å². The van der Waals surface area contributed by atoms with Crippen LogP contribution in [0.5, 0.6) is 0 Å².